The molecule has 4 aromatic rings. The van der Waals surface area contributed by atoms with Crippen LogP contribution >= 0.6 is 0 Å². The third kappa shape index (κ3) is 3.98. The van der Waals surface area contributed by atoms with Crippen molar-refractivity contribution in [2.75, 3.05) is 30.4 Å². The van der Waals surface area contributed by atoms with E-state index in [4.69, 9.17) is 4.74 Å². The number of piperazine rings is 1. The molecule has 0 aromatic carbocycles. The standard InChI is InChI=1S/C23H25FN8O2/c1-12-8-31(9-13(2)27-12)20-16-6-26-23(34-4)30-19(16)17(7-25-20)22(33)29-15-5-18(24)21-28-14(3)10-32(21)11-15/h5-7,10-13,27H,8-9H2,1-4H3,(H,29,33)/t12-,13+. The number of fused-ring (bicyclic) bond motifs is 2. The maximum atomic E-state index is 14.5. The van der Waals surface area contributed by atoms with Crippen LogP contribution in [0.15, 0.2) is 30.9 Å². The molecule has 1 saturated heterocycles. The third-order valence-electron chi connectivity index (χ3n) is 5.75. The zero-order valence-electron chi connectivity index (χ0n) is 19.3. The highest BCUT2D eigenvalue weighted by atomic mass is 19.1. The topological polar surface area (TPSA) is 110 Å². The molecular weight excluding hydrogens is 439 g/mol. The van der Waals surface area contributed by atoms with Crippen LogP contribution in [-0.2, 0) is 0 Å². The van der Waals surface area contributed by atoms with Gasteiger partial charge in [0.2, 0.25) is 0 Å². The maximum absolute atomic E-state index is 14.5. The van der Waals surface area contributed by atoms with E-state index in [-0.39, 0.29) is 35.0 Å². The second-order valence-electron chi connectivity index (χ2n) is 8.63. The number of ether oxygens (including phenoxy) is 1. The Morgan fingerprint density at radius 2 is 1.94 bits per heavy atom. The molecule has 1 aliphatic rings. The molecule has 176 valence electrons. The highest BCUT2D eigenvalue weighted by Gasteiger charge is 2.26. The fraction of sp³-hybridized carbons (Fsp3) is 0.348. The molecule has 0 saturated carbocycles. The number of aromatic nitrogens is 5. The van der Waals surface area contributed by atoms with Crippen LogP contribution in [0.5, 0.6) is 6.01 Å². The number of carbonyl (C=O) groups excluding carboxylic acids is 1. The van der Waals surface area contributed by atoms with Gasteiger partial charge in [-0.3, -0.25) is 4.79 Å². The molecule has 0 unspecified atom stereocenters. The molecule has 5 heterocycles. The van der Waals surface area contributed by atoms with E-state index in [1.54, 1.807) is 25.5 Å². The Balaban J connectivity index is 1.54. The number of imidazole rings is 1. The number of pyridine rings is 2. The van der Waals surface area contributed by atoms with E-state index in [9.17, 15) is 9.18 Å². The molecule has 1 amide bonds. The minimum atomic E-state index is -0.532. The van der Waals surface area contributed by atoms with Gasteiger partial charge in [-0.25, -0.2) is 19.3 Å². The van der Waals surface area contributed by atoms with Gasteiger partial charge in [0.25, 0.3) is 5.91 Å². The molecule has 10 nitrogen and oxygen atoms in total. The number of aryl methyl sites for hydroxylation is 1. The van der Waals surface area contributed by atoms with Crippen molar-refractivity contribution in [2.45, 2.75) is 32.9 Å². The summed E-state index contributed by atoms with van der Waals surface area (Å²) in [6, 6.07) is 1.93. The number of methoxy groups -OCH3 is 1. The van der Waals surface area contributed by atoms with Crippen molar-refractivity contribution in [1.29, 1.82) is 0 Å². The molecule has 2 atom stereocenters. The number of hydrogen-bond acceptors (Lipinski definition) is 8. The lowest BCUT2D eigenvalue weighted by atomic mass is 10.1. The van der Waals surface area contributed by atoms with Crippen molar-refractivity contribution < 1.29 is 13.9 Å². The van der Waals surface area contributed by atoms with Crippen LogP contribution in [0, 0.1) is 12.7 Å². The highest BCUT2D eigenvalue weighted by Crippen LogP contribution is 2.29. The smallest absolute Gasteiger partial charge is 0.316 e. The van der Waals surface area contributed by atoms with Gasteiger partial charge in [0.15, 0.2) is 11.5 Å². The molecule has 34 heavy (non-hydrogen) atoms. The minimum absolute atomic E-state index is 0.141. The summed E-state index contributed by atoms with van der Waals surface area (Å²) in [7, 11) is 1.47. The number of nitrogens with zero attached hydrogens (tertiary/aromatic N) is 6. The normalized spacial score (nSPS) is 18.4. The Hall–Kier alpha value is -3.86. The van der Waals surface area contributed by atoms with Gasteiger partial charge < -0.3 is 24.7 Å². The lowest BCUT2D eigenvalue weighted by Gasteiger charge is -2.37. The largest absolute Gasteiger partial charge is 0.467 e. The van der Waals surface area contributed by atoms with Gasteiger partial charge in [0.05, 0.1) is 35.0 Å². The Labute approximate surface area is 195 Å². The van der Waals surface area contributed by atoms with Crippen molar-refractivity contribution in [1.82, 2.24) is 29.7 Å². The summed E-state index contributed by atoms with van der Waals surface area (Å²) >= 11 is 0. The summed E-state index contributed by atoms with van der Waals surface area (Å²) in [6.07, 6.45) is 6.41. The van der Waals surface area contributed by atoms with Crippen LogP contribution in [0.2, 0.25) is 0 Å². The second-order valence-corrected chi connectivity index (χ2v) is 8.63. The average molecular weight is 465 g/mol. The molecule has 0 spiro atoms. The zero-order valence-corrected chi connectivity index (χ0v) is 19.3. The number of anilines is 2. The maximum Gasteiger partial charge on any atom is 0.316 e. The van der Waals surface area contributed by atoms with Crippen molar-refractivity contribution in [3.8, 4) is 6.01 Å². The highest BCUT2D eigenvalue weighted by molar-refractivity contribution is 6.13. The van der Waals surface area contributed by atoms with Gasteiger partial charge >= 0.3 is 6.01 Å². The first kappa shape index (κ1) is 22.0. The Kier molecular flexibility index (Phi) is 5.48. The number of amides is 1. The van der Waals surface area contributed by atoms with Crippen LogP contribution < -0.4 is 20.3 Å². The van der Waals surface area contributed by atoms with E-state index in [0.717, 1.165) is 13.1 Å². The summed E-state index contributed by atoms with van der Waals surface area (Å²) in [5.41, 5.74) is 1.80. The lowest BCUT2D eigenvalue weighted by molar-refractivity contribution is 0.102. The van der Waals surface area contributed by atoms with Crippen molar-refractivity contribution >= 4 is 34.0 Å². The van der Waals surface area contributed by atoms with Gasteiger partial charge in [-0.05, 0) is 20.8 Å². The molecule has 11 heteroatoms. The minimum Gasteiger partial charge on any atom is -0.467 e. The van der Waals surface area contributed by atoms with E-state index >= 15 is 0 Å². The molecule has 4 aromatic heterocycles. The van der Waals surface area contributed by atoms with E-state index in [1.807, 2.05) is 0 Å². The van der Waals surface area contributed by atoms with Crippen LogP contribution in [0.3, 0.4) is 0 Å². The van der Waals surface area contributed by atoms with E-state index < -0.39 is 11.7 Å². The van der Waals surface area contributed by atoms with Gasteiger partial charge in [0, 0.05) is 56.0 Å². The molecule has 2 N–H and O–H groups in total. The summed E-state index contributed by atoms with van der Waals surface area (Å²) in [5.74, 6) is -0.298. The monoisotopic (exact) mass is 464 g/mol. The number of halogens is 1. The first-order chi connectivity index (χ1) is 16.3. The van der Waals surface area contributed by atoms with Crippen LogP contribution in [0.4, 0.5) is 15.9 Å². The van der Waals surface area contributed by atoms with Gasteiger partial charge in [-0.15, -0.1) is 0 Å². The number of rotatable bonds is 4. The predicted octanol–water partition coefficient (Wildman–Crippen LogP) is 2.57. The molecule has 0 radical (unpaired) electrons. The van der Waals surface area contributed by atoms with E-state index in [0.29, 0.717) is 22.4 Å². The zero-order chi connectivity index (χ0) is 24.0. The van der Waals surface area contributed by atoms with Crippen molar-refractivity contribution in [3.63, 3.8) is 0 Å². The first-order valence-corrected chi connectivity index (χ1v) is 11.0. The summed E-state index contributed by atoms with van der Waals surface area (Å²) in [4.78, 5) is 32.9. The molecule has 1 fully saturated rings. The van der Waals surface area contributed by atoms with Crippen molar-refractivity contribution in [3.05, 3.63) is 47.9 Å². The third-order valence-corrected chi connectivity index (χ3v) is 5.75. The Morgan fingerprint density at radius 1 is 1.18 bits per heavy atom. The van der Waals surface area contributed by atoms with Gasteiger partial charge in [0.1, 0.15) is 5.82 Å². The molecule has 5 rings (SSSR count). The van der Waals surface area contributed by atoms with Gasteiger partial charge in [-0.1, -0.05) is 0 Å². The summed E-state index contributed by atoms with van der Waals surface area (Å²) in [5, 5.41) is 6.89. The molecular formula is C23H25FN8O2. The number of hydrogen-bond donors (Lipinski definition) is 2. The molecule has 0 aliphatic carbocycles. The quantitative estimate of drug-likeness (QED) is 0.474. The first-order valence-electron chi connectivity index (χ1n) is 11.0. The van der Waals surface area contributed by atoms with Crippen molar-refractivity contribution in [2.24, 2.45) is 0 Å². The van der Waals surface area contributed by atoms with Gasteiger partial charge in [-0.2, -0.15) is 4.98 Å². The molecule has 0 bridgehead atoms. The fourth-order valence-corrected chi connectivity index (χ4v) is 4.45. The number of nitrogens with one attached hydrogen (secondary N) is 2. The van der Waals surface area contributed by atoms with Crippen LogP contribution in [0.25, 0.3) is 16.6 Å². The fourth-order valence-electron chi connectivity index (χ4n) is 4.45. The van der Waals surface area contributed by atoms with Crippen LogP contribution in [-0.4, -0.2) is 62.5 Å². The van der Waals surface area contributed by atoms with E-state index in [1.165, 1.54) is 23.8 Å². The Morgan fingerprint density at radius 3 is 2.68 bits per heavy atom. The SMILES string of the molecule is COc1ncc2c(N3C[C@@H](C)N[C@@H](C)C3)ncc(C(=O)Nc3cc(F)c4nc(C)cn4c3)c2n1. The lowest BCUT2D eigenvalue weighted by Crippen LogP contribution is -2.54. The average Bonchev–Trinajstić information content (AvgIpc) is 3.18. The predicted molar refractivity (Wildman–Crippen MR) is 126 cm³/mol. The van der Waals surface area contributed by atoms with Crippen LogP contribution in [0.1, 0.15) is 29.9 Å². The summed E-state index contributed by atoms with van der Waals surface area (Å²) < 4.78 is 21.2. The molecule has 1 aliphatic heterocycles. The second kappa shape index (κ2) is 8.49. The summed E-state index contributed by atoms with van der Waals surface area (Å²) in [6.45, 7) is 7.52. The number of carbonyl (C=O) groups is 1. The van der Waals surface area contributed by atoms with E-state index in [2.05, 4.69) is 49.3 Å². The Bertz CT molecular complexity index is 1400.